The summed E-state index contributed by atoms with van der Waals surface area (Å²) in [6.45, 7) is 0. The molecule has 0 radical (unpaired) electrons. The average Bonchev–Trinajstić information content (AvgIpc) is 4.03. The van der Waals surface area contributed by atoms with Crippen molar-refractivity contribution < 1.29 is 9.47 Å². The normalized spacial score (nSPS) is 14.3. The Morgan fingerprint density at radius 1 is 0.278 bits per heavy atom. The first-order valence-corrected chi connectivity index (χ1v) is 24.8. The van der Waals surface area contributed by atoms with Crippen LogP contribution in [0.25, 0.3) is 49.7 Å². The molecule has 0 bridgehead atoms. The molecule has 336 valence electrons. The molecule has 0 saturated carbocycles. The van der Waals surface area contributed by atoms with Gasteiger partial charge in [-0.25, -0.2) is 0 Å². The van der Waals surface area contributed by atoms with Crippen LogP contribution in [0.5, 0.6) is 23.0 Å². The molecule has 0 atom stereocenters. The van der Waals surface area contributed by atoms with Gasteiger partial charge in [-0.1, -0.05) is 176 Å². The first-order valence-electron chi connectivity index (χ1n) is 24.8. The Balaban J connectivity index is 0.971. The molecule has 3 heterocycles. The number of hydrogen-bond donors (Lipinski definition) is 0. The van der Waals surface area contributed by atoms with Gasteiger partial charge in [0, 0.05) is 55.8 Å². The summed E-state index contributed by atoms with van der Waals surface area (Å²) in [6, 6.07) is 93.2. The standard InChI is InChI=1S/C68H42N2O2/c1-2-18-43(19-3-1)70-61-29-13-6-22-49(61)50-37-34-46(42-62(50)70)69(44-35-38-55-51(40-44)47-20-4-7-23-53(47)67(55)57-25-9-14-30-63(57)71-64-31-15-10-26-58(64)67)45-36-39-56-52(41-45)48-21-5-8-24-54(48)68(56)59-27-11-16-32-65(59)72-66-33-17-12-28-60(66)68/h1-42H. The molecule has 4 heteroatoms. The zero-order valence-electron chi connectivity index (χ0n) is 39.0. The molecule has 4 nitrogen and oxygen atoms in total. The Bertz CT molecular complexity index is 3970. The molecular weight excluding hydrogens is 877 g/mol. The summed E-state index contributed by atoms with van der Waals surface area (Å²) in [5.74, 6) is 3.55. The highest BCUT2D eigenvalue weighted by molar-refractivity contribution is 6.10. The number of anilines is 3. The molecule has 0 saturated heterocycles. The fourth-order valence-electron chi connectivity index (χ4n) is 13.4. The maximum atomic E-state index is 6.70. The van der Waals surface area contributed by atoms with E-state index in [2.05, 4.69) is 264 Å². The van der Waals surface area contributed by atoms with Crippen LogP contribution in [0.3, 0.4) is 0 Å². The summed E-state index contributed by atoms with van der Waals surface area (Å²) in [6.07, 6.45) is 0. The van der Waals surface area contributed by atoms with Crippen molar-refractivity contribution in [2.75, 3.05) is 4.90 Å². The maximum absolute atomic E-state index is 6.70. The Morgan fingerprint density at radius 3 is 1.17 bits per heavy atom. The molecule has 0 unspecified atom stereocenters. The highest BCUT2D eigenvalue weighted by Gasteiger charge is 2.53. The van der Waals surface area contributed by atoms with Crippen LogP contribution in [-0.4, -0.2) is 4.57 Å². The third kappa shape index (κ3) is 5.05. The van der Waals surface area contributed by atoms with Crippen molar-refractivity contribution in [2.45, 2.75) is 10.8 Å². The van der Waals surface area contributed by atoms with Crippen LogP contribution in [0.2, 0.25) is 0 Å². The molecule has 0 fully saturated rings. The van der Waals surface area contributed by atoms with Crippen molar-refractivity contribution in [3.63, 3.8) is 0 Å². The van der Waals surface area contributed by atoms with Crippen LogP contribution in [-0.2, 0) is 10.8 Å². The molecule has 4 aliphatic rings. The van der Waals surface area contributed by atoms with E-state index in [9.17, 15) is 0 Å². The molecule has 2 spiro atoms. The third-order valence-corrected chi connectivity index (χ3v) is 16.1. The van der Waals surface area contributed by atoms with Gasteiger partial charge in [0.15, 0.2) is 0 Å². The second-order valence-corrected chi connectivity index (χ2v) is 19.5. The van der Waals surface area contributed by atoms with Crippen LogP contribution < -0.4 is 14.4 Å². The molecule has 11 aromatic carbocycles. The van der Waals surface area contributed by atoms with Crippen molar-refractivity contribution in [2.24, 2.45) is 0 Å². The molecule has 0 amide bonds. The minimum atomic E-state index is -0.571. The van der Waals surface area contributed by atoms with E-state index in [0.717, 1.165) is 73.5 Å². The molecule has 72 heavy (non-hydrogen) atoms. The van der Waals surface area contributed by atoms with Gasteiger partial charge in [0.05, 0.1) is 21.9 Å². The summed E-state index contributed by atoms with van der Waals surface area (Å²) >= 11 is 0. The smallest absolute Gasteiger partial charge is 0.132 e. The number of ether oxygens (including phenoxy) is 2. The van der Waals surface area contributed by atoms with Crippen molar-refractivity contribution >= 4 is 38.9 Å². The van der Waals surface area contributed by atoms with Gasteiger partial charge in [0.25, 0.3) is 0 Å². The number of fused-ring (bicyclic) bond motifs is 21. The zero-order chi connectivity index (χ0) is 47.1. The van der Waals surface area contributed by atoms with Gasteiger partial charge >= 0.3 is 0 Å². The van der Waals surface area contributed by atoms with E-state index in [1.165, 1.54) is 60.8 Å². The topological polar surface area (TPSA) is 26.6 Å². The van der Waals surface area contributed by atoms with Crippen molar-refractivity contribution in [1.29, 1.82) is 0 Å². The second kappa shape index (κ2) is 14.6. The fraction of sp³-hybridized carbons (Fsp3) is 0.0294. The van der Waals surface area contributed by atoms with E-state index in [1.54, 1.807) is 0 Å². The van der Waals surface area contributed by atoms with Gasteiger partial charge in [-0.3, -0.25) is 0 Å². The highest BCUT2D eigenvalue weighted by atomic mass is 16.5. The van der Waals surface area contributed by atoms with Gasteiger partial charge < -0.3 is 18.9 Å². The Labute approximate surface area is 416 Å². The van der Waals surface area contributed by atoms with Crippen molar-refractivity contribution in [1.82, 2.24) is 4.57 Å². The largest absolute Gasteiger partial charge is 0.457 e. The molecular formula is C68H42N2O2. The molecule has 1 aromatic heterocycles. The van der Waals surface area contributed by atoms with Crippen LogP contribution in [0.15, 0.2) is 255 Å². The van der Waals surface area contributed by atoms with Gasteiger partial charge in [-0.05, 0) is 123 Å². The Kier molecular flexibility index (Phi) is 7.99. The fourth-order valence-corrected chi connectivity index (χ4v) is 13.4. The minimum absolute atomic E-state index is 0.571. The van der Waals surface area contributed by atoms with Gasteiger partial charge in [0.2, 0.25) is 0 Å². The molecule has 2 aliphatic carbocycles. The summed E-state index contributed by atoms with van der Waals surface area (Å²) in [5.41, 5.74) is 20.0. The molecule has 2 aliphatic heterocycles. The van der Waals surface area contributed by atoms with Crippen LogP contribution in [0, 0.1) is 0 Å². The van der Waals surface area contributed by atoms with Crippen molar-refractivity contribution in [3.8, 4) is 50.9 Å². The summed E-state index contributed by atoms with van der Waals surface area (Å²) in [4.78, 5) is 2.48. The number of aromatic nitrogens is 1. The van der Waals surface area contributed by atoms with Crippen molar-refractivity contribution in [3.05, 3.63) is 299 Å². The monoisotopic (exact) mass is 918 g/mol. The van der Waals surface area contributed by atoms with E-state index in [4.69, 9.17) is 9.47 Å². The van der Waals surface area contributed by atoms with E-state index in [1.807, 2.05) is 0 Å². The summed E-state index contributed by atoms with van der Waals surface area (Å²) in [5, 5.41) is 2.43. The Hall–Kier alpha value is -9.38. The molecule has 16 rings (SSSR count). The predicted octanol–water partition coefficient (Wildman–Crippen LogP) is 17.2. The van der Waals surface area contributed by atoms with Gasteiger partial charge in [0.1, 0.15) is 23.0 Å². The first kappa shape index (κ1) is 39.5. The van der Waals surface area contributed by atoms with Crippen LogP contribution in [0.1, 0.15) is 44.5 Å². The number of para-hydroxylation sites is 6. The lowest BCUT2D eigenvalue weighted by molar-refractivity contribution is 0.436. The maximum Gasteiger partial charge on any atom is 0.132 e. The lowest BCUT2D eigenvalue weighted by Gasteiger charge is -2.39. The average molecular weight is 919 g/mol. The van der Waals surface area contributed by atoms with Gasteiger partial charge in [-0.15, -0.1) is 0 Å². The summed E-state index contributed by atoms with van der Waals surface area (Å²) < 4.78 is 15.8. The zero-order valence-corrected chi connectivity index (χ0v) is 39.0. The Morgan fingerprint density at radius 2 is 0.653 bits per heavy atom. The quantitative estimate of drug-likeness (QED) is 0.176. The molecule has 0 N–H and O–H groups in total. The van der Waals surface area contributed by atoms with Crippen LogP contribution in [0.4, 0.5) is 17.1 Å². The predicted molar refractivity (Wildman–Crippen MR) is 290 cm³/mol. The number of benzene rings is 11. The number of hydrogen-bond acceptors (Lipinski definition) is 3. The lowest BCUT2D eigenvalue weighted by atomic mass is 9.66. The number of nitrogens with zero attached hydrogens (tertiary/aromatic N) is 2. The van der Waals surface area contributed by atoms with E-state index >= 15 is 0 Å². The van der Waals surface area contributed by atoms with E-state index in [0.29, 0.717) is 0 Å². The summed E-state index contributed by atoms with van der Waals surface area (Å²) in [7, 11) is 0. The number of rotatable bonds is 4. The highest BCUT2D eigenvalue weighted by Crippen LogP contribution is 2.65. The third-order valence-electron chi connectivity index (χ3n) is 16.1. The second-order valence-electron chi connectivity index (χ2n) is 19.5. The van der Waals surface area contributed by atoms with Crippen LogP contribution >= 0.6 is 0 Å². The lowest BCUT2D eigenvalue weighted by Crippen LogP contribution is -2.32. The van der Waals surface area contributed by atoms with Gasteiger partial charge in [-0.2, -0.15) is 0 Å². The minimum Gasteiger partial charge on any atom is -0.457 e. The van der Waals surface area contributed by atoms with E-state index < -0.39 is 10.8 Å². The first-order chi connectivity index (χ1) is 35.7. The van der Waals surface area contributed by atoms with E-state index in [-0.39, 0.29) is 0 Å². The SMILES string of the molecule is c1ccc(-n2c3ccccc3c3ccc(N(c4ccc5c(c4)-c4ccccc4C54c5ccccc5Oc5ccccc54)c4ccc5c(c4)-c4ccccc4C54c5ccccc5Oc5ccccc54)cc32)cc1. The molecule has 12 aromatic rings.